The van der Waals surface area contributed by atoms with E-state index >= 15 is 0 Å². The molecule has 4 heterocycles. The van der Waals surface area contributed by atoms with Gasteiger partial charge in [0, 0.05) is 24.1 Å². The number of halogens is 1. The molecule has 0 aromatic heterocycles. The number of hydrogen-bond donors (Lipinski definition) is 0. The first-order chi connectivity index (χ1) is 13.1. The second kappa shape index (κ2) is 6.45. The predicted octanol–water partition coefficient (Wildman–Crippen LogP) is 3.84. The van der Waals surface area contributed by atoms with E-state index in [1.54, 1.807) is 6.07 Å². The van der Waals surface area contributed by atoms with Crippen molar-refractivity contribution in [2.24, 2.45) is 5.92 Å². The van der Waals surface area contributed by atoms with Crippen LogP contribution < -0.4 is 0 Å². The molecule has 4 fully saturated rings. The molecule has 3 nitrogen and oxygen atoms in total. The number of carbonyl (C=O) groups is 1. The van der Waals surface area contributed by atoms with Gasteiger partial charge in [-0.2, -0.15) is 0 Å². The predicted molar refractivity (Wildman–Crippen MR) is 103 cm³/mol. The molecular weight excluding hydrogens is 339 g/mol. The normalized spacial score (nSPS) is 31.8. The molecule has 3 atom stereocenters. The molecule has 27 heavy (non-hydrogen) atoms. The highest BCUT2D eigenvalue weighted by atomic mass is 19.1. The van der Waals surface area contributed by atoms with Gasteiger partial charge in [0.2, 0.25) is 0 Å². The van der Waals surface area contributed by atoms with Crippen molar-refractivity contribution in [2.75, 3.05) is 19.6 Å². The van der Waals surface area contributed by atoms with Crippen LogP contribution >= 0.6 is 0 Å². The summed E-state index contributed by atoms with van der Waals surface area (Å²) in [6, 6.07) is 15.8. The SMILES string of the molecule is Cc1ccc(F)cc1C(=O)N1C[C@H](c2ccccc2)[C@H]2[C@@H]1C1CCN2CC1. The smallest absolute Gasteiger partial charge is 0.254 e. The lowest BCUT2D eigenvalue weighted by molar-refractivity contribution is -0.00344. The molecule has 2 aromatic rings. The summed E-state index contributed by atoms with van der Waals surface area (Å²) in [5, 5.41) is 0. The molecule has 4 aliphatic heterocycles. The molecule has 2 bridgehead atoms. The van der Waals surface area contributed by atoms with Crippen LogP contribution in [0.15, 0.2) is 48.5 Å². The number of fused-ring (bicyclic) bond motifs is 2. The number of carbonyl (C=O) groups excluding carboxylic acids is 1. The highest BCUT2D eigenvalue weighted by molar-refractivity contribution is 5.96. The summed E-state index contributed by atoms with van der Waals surface area (Å²) in [5.74, 6) is 0.547. The standard InChI is InChI=1S/C23H25FN2O/c1-15-7-8-18(24)13-19(15)23(27)26-14-20(16-5-3-2-4-6-16)22-21(26)17-9-11-25(22)12-10-17/h2-8,13,17,20-22H,9-12,14H2,1H3/t20-,21+,22+/m1/s1. The average molecular weight is 364 g/mol. The molecule has 0 radical (unpaired) electrons. The largest absolute Gasteiger partial charge is 0.333 e. The van der Waals surface area contributed by atoms with Gasteiger partial charge in [-0.15, -0.1) is 0 Å². The van der Waals surface area contributed by atoms with E-state index in [1.165, 1.54) is 17.7 Å². The van der Waals surface area contributed by atoms with Crippen LogP contribution in [0.4, 0.5) is 4.39 Å². The van der Waals surface area contributed by atoms with Crippen LogP contribution in [0, 0.1) is 18.7 Å². The van der Waals surface area contributed by atoms with E-state index < -0.39 is 0 Å². The zero-order valence-electron chi connectivity index (χ0n) is 15.6. The molecule has 0 unspecified atom stereocenters. The van der Waals surface area contributed by atoms with E-state index in [4.69, 9.17) is 0 Å². The van der Waals surface area contributed by atoms with Gasteiger partial charge in [0.05, 0.1) is 6.04 Å². The van der Waals surface area contributed by atoms with Gasteiger partial charge in [0.25, 0.3) is 5.91 Å². The van der Waals surface area contributed by atoms with Crippen molar-refractivity contribution in [1.29, 1.82) is 0 Å². The van der Waals surface area contributed by atoms with Crippen LogP contribution in [0.1, 0.15) is 40.2 Å². The van der Waals surface area contributed by atoms with Crippen molar-refractivity contribution < 1.29 is 9.18 Å². The number of benzene rings is 2. The fourth-order valence-corrected chi connectivity index (χ4v) is 5.63. The van der Waals surface area contributed by atoms with Gasteiger partial charge < -0.3 is 4.90 Å². The van der Waals surface area contributed by atoms with Crippen LogP contribution in [0.3, 0.4) is 0 Å². The van der Waals surface area contributed by atoms with Gasteiger partial charge in [0.1, 0.15) is 5.82 Å². The summed E-state index contributed by atoms with van der Waals surface area (Å²) >= 11 is 0. The van der Waals surface area contributed by atoms with Crippen molar-refractivity contribution in [3.8, 4) is 0 Å². The number of aryl methyl sites for hydroxylation is 1. The van der Waals surface area contributed by atoms with Crippen molar-refractivity contribution in [3.05, 3.63) is 71.0 Å². The molecule has 2 aromatic carbocycles. The Morgan fingerprint density at radius 2 is 1.78 bits per heavy atom. The minimum Gasteiger partial charge on any atom is -0.333 e. The molecule has 0 spiro atoms. The summed E-state index contributed by atoms with van der Waals surface area (Å²) in [6.07, 6.45) is 2.32. The van der Waals surface area contributed by atoms with E-state index in [9.17, 15) is 9.18 Å². The Labute approximate surface area is 159 Å². The van der Waals surface area contributed by atoms with Gasteiger partial charge >= 0.3 is 0 Å². The molecule has 140 valence electrons. The fourth-order valence-electron chi connectivity index (χ4n) is 5.63. The van der Waals surface area contributed by atoms with Gasteiger partial charge in [0.15, 0.2) is 0 Å². The Morgan fingerprint density at radius 1 is 1.04 bits per heavy atom. The maximum Gasteiger partial charge on any atom is 0.254 e. The van der Waals surface area contributed by atoms with Crippen molar-refractivity contribution in [3.63, 3.8) is 0 Å². The minimum atomic E-state index is -0.340. The fraction of sp³-hybridized carbons (Fsp3) is 0.435. The maximum atomic E-state index is 13.8. The lowest BCUT2D eigenvalue weighted by Crippen LogP contribution is -2.60. The van der Waals surface area contributed by atoms with E-state index in [0.29, 0.717) is 23.4 Å². The summed E-state index contributed by atoms with van der Waals surface area (Å²) in [4.78, 5) is 18.1. The van der Waals surface area contributed by atoms with E-state index in [0.717, 1.165) is 38.0 Å². The third-order valence-corrected chi connectivity index (χ3v) is 6.91. The third-order valence-electron chi connectivity index (χ3n) is 6.91. The van der Waals surface area contributed by atoms with Gasteiger partial charge in [-0.25, -0.2) is 4.39 Å². The quantitative estimate of drug-likeness (QED) is 0.808. The highest BCUT2D eigenvalue weighted by Gasteiger charge is 2.54. The van der Waals surface area contributed by atoms with E-state index in [1.807, 2.05) is 13.0 Å². The Hall–Kier alpha value is -2.20. The summed E-state index contributed by atoms with van der Waals surface area (Å²) in [7, 11) is 0. The van der Waals surface area contributed by atoms with E-state index in [2.05, 4.69) is 34.1 Å². The lowest BCUT2D eigenvalue weighted by atomic mass is 9.75. The number of nitrogens with zero attached hydrogens (tertiary/aromatic N) is 2. The number of piperidine rings is 3. The van der Waals surface area contributed by atoms with E-state index in [-0.39, 0.29) is 17.8 Å². The zero-order valence-corrected chi connectivity index (χ0v) is 15.6. The molecule has 0 N–H and O–H groups in total. The molecule has 0 saturated carbocycles. The maximum absolute atomic E-state index is 13.8. The number of rotatable bonds is 2. The van der Waals surface area contributed by atoms with Gasteiger partial charge in [-0.1, -0.05) is 36.4 Å². The van der Waals surface area contributed by atoms with Gasteiger partial charge in [-0.3, -0.25) is 9.69 Å². The summed E-state index contributed by atoms with van der Waals surface area (Å²) < 4.78 is 13.8. The molecule has 4 aliphatic rings. The molecule has 1 amide bonds. The molecular formula is C23H25FN2O. The number of hydrogen-bond acceptors (Lipinski definition) is 2. The summed E-state index contributed by atoms with van der Waals surface area (Å²) in [5.41, 5.74) is 2.67. The molecule has 0 aliphatic carbocycles. The first kappa shape index (κ1) is 16.9. The number of amides is 1. The zero-order chi connectivity index (χ0) is 18.5. The molecule has 4 saturated heterocycles. The third kappa shape index (κ3) is 2.69. The molecule has 6 rings (SSSR count). The summed E-state index contributed by atoms with van der Waals surface area (Å²) in [6.45, 7) is 4.89. The van der Waals surface area contributed by atoms with Crippen LogP contribution in [0.5, 0.6) is 0 Å². The Bertz CT molecular complexity index is 860. The average Bonchev–Trinajstić information content (AvgIpc) is 3.14. The van der Waals surface area contributed by atoms with Crippen molar-refractivity contribution in [1.82, 2.24) is 9.80 Å². The second-order valence-electron chi connectivity index (χ2n) is 8.29. The van der Waals surface area contributed by atoms with Crippen LogP contribution in [0.25, 0.3) is 0 Å². The first-order valence-electron chi connectivity index (χ1n) is 9.99. The molecule has 4 heteroatoms. The van der Waals surface area contributed by atoms with Crippen LogP contribution in [0.2, 0.25) is 0 Å². The van der Waals surface area contributed by atoms with Crippen LogP contribution in [-0.2, 0) is 0 Å². The minimum absolute atomic E-state index is 0.00539. The van der Waals surface area contributed by atoms with Crippen LogP contribution in [-0.4, -0.2) is 47.4 Å². The topological polar surface area (TPSA) is 23.6 Å². The Balaban J connectivity index is 1.54. The number of likely N-dealkylation sites (tertiary alicyclic amines) is 1. The highest BCUT2D eigenvalue weighted by Crippen LogP contribution is 2.47. The van der Waals surface area contributed by atoms with Gasteiger partial charge in [-0.05, 0) is 62.0 Å². The Kier molecular flexibility index (Phi) is 4.05. The lowest BCUT2D eigenvalue weighted by Gasteiger charge is -2.51. The van der Waals surface area contributed by atoms with Crippen molar-refractivity contribution >= 4 is 5.91 Å². The monoisotopic (exact) mass is 364 g/mol. The first-order valence-corrected chi connectivity index (χ1v) is 9.99. The Morgan fingerprint density at radius 3 is 2.52 bits per heavy atom. The second-order valence-corrected chi connectivity index (χ2v) is 8.29. The van der Waals surface area contributed by atoms with Crippen molar-refractivity contribution in [2.45, 2.75) is 37.8 Å².